The summed E-state index contributed by atoms with van der Waals surface area (Å²) in [6.45, 7) is 1.10. The zero-order chi connectivity index (χ0) is 32.0. The second kappa shape index (κ2) is 16.7. The molecule has 11 heteroatoms. The Morgan fingerprint density at radius 1 is 0.750 bits per heavy atom. The number of ether oxygens (including phenoxy) is 2. The highest BCUT2D eigenvalue weighted by Crippen LogP contribution is 2.29. The fourth-order valence-electron chi connectivity index (χ4n) is 4.01. The van der Waals surface area contributed by atoms with Crippen LogP contribution in [0.4, 0.5) is 13.2 Å². The lowest BCUT2D eigenvalue weighted by Gasteiger charge is -2.13. The molecule has 4 N–H and O–H groups in total. The van der Waals surface area contributed by atoms with E-state index in [1.165, 1.54) is 0 Å². The summed E-state index contributed by atoms with van der Waals surface area (Å²) in [4.78, 5) is 24.7. The van der Waals surface area contributed by atoms with E-state index in [9.17, 15) is 18.0 Å². The Morgan fingerprint density at radius 2 is 1.30 bits per heavy atom. The van der Waals surface area contributed by atoms with Crippen LogP contribution >= 0.6 is 0 Å². The summed E-state index contributed by atoms with van der Waals surface area (Å²) in [5.74, 6) is -2.48. The van der Waals surface area contributed by atoms with E-state index in [1.54, 1.807) is 0 Å². The third-order valence-electron chi connectivity index (χ3n) is 6.25. The van der Waals surface area contributed by atoms with Crippen molar-refractivity contribution in [2.45, 2.75) is 37.9 Å². The molecule has 0 bridgehead atoms. The molecule has 1 aromatic heterocycles. The van der Waals surface area contributed by atoms with Crippen LogP contribution in [0.25, 0.3) is 22.4 Å². The van der Waals surface area contributed by atoms with Crippen molar-refractivity contribution in [3.63, 3.8) is 0 Å². The number of carboxylic acids is 2. The Hall–Kier alpha value is -4.90. The molecule has 44 heavy (non-hydrogen) atoms. The standard InChI is InChI=1S/C31H32N2O4.C2HF3O2/c32-27(31(34)35)20-25-16-8-9-17-29(25)36-18-10-3-11-19-37-30-22-26(23-12-4-1-5-13-23)21-28(33-30)24-14-6-2-7-15-24;3-2(4,5)1(6)7/h1-2,4-9,12-17,21-22,27H,3,10-11,18-20,32H2,(H,34,35);(H,6,7). The number of halogens is 3. The molecule has 1 unspecified atom stereocenters. The fourth-order valence-corrected chi connectivity index (χ4v) is 4.01. The first-order valence-electron chi connectivity index (χ1n) is 13.8. The second-order valence-corrected chi connectivity index (χ2v) is 9.63. The molecule has 0 aliphatic heterocycles. The molecule has 232 valence electrons. The molecule has 1 heterocycles. The van der Waals surface area contributed by atoms with E-state index < -0.39 is 24.2 Å². The second-order valence-electron chi connectivity index (χ2n) is 9.63. The van der Waals surface area contributed by atoms with Gasteiger partial charge in [0.1, 0.15) is 11.8 Å². The van der Waals surface area contributed by atoms with Gasteiger partial charge in [-0.2, -0.15) is 13.2 Å². The number of aromatic nitrogens is 1. The topological polar surface area (TPSA) is 132 Å². The molecular formula is C33H33F3N2O6. The van der Waals surface area contributed by atoms with E-state index in [0.29, 0.717) is 24.8 Å². The Balaban J connectivity index is 0.000000676. The highest BCUT2D eigenvalue weighted by molar-refractivity contribution is 5.74. The van der Waals surface area contributed by atoms with Crippen LogP contribution in [0.15, 0.2) is 97.1 Å². The Labute approximate surface area is 252 Å². The molecule has 0 radical (unpaired) electrons. The number of nitrogens with two attached hydrogens (primary N) is 1. The summed E-state index contributed by atoms with van der Waals surface area (Å²) in [6.07, 6.45) is -2.19. The number of pyridine rings is 1. The van der Waals surface area contributed by atoms with Gasteiger partial charge in [0.15, 0.2) is 0 Å². The lowest BCUT2D eigenvalue weighted by atomic mass is 10.0. The van der Waals surface area contributed by atoms with Crippen molar-refractivity contribution in [2.75, 3.05) is 13.2 Å². The van der Waals surface area contributed by atoms with Gasteiger partial charge in [-0.15, -0.1) is 0 Å². The zero-order valence-corrected chi connectivity index (χ0v) is 23.7. The summed E-state index contributed by atoms with van der Waals surface area (Å²) < 4.78 is 43.7. The summed E-state index contributed by atoms with van der Waals surface area (Å²) in [5.41, 5.74) is 10.6. The van der Waals surface area contributed by atoms with E-state index in [-0.39, 0.29) is 6.42 Å². The van der Waals surface area contributed by atoms with Gasteiger partial charge >= 0.3 is 18.1 Å². The predicted octanol–water partition coefficient (Wildman–Crippen LogP) is 6.63. The first-order valence-corrected chi connectivity index (χ1v) is 13.8. The Bertz CT molecular complexity index is 1430. The number of hydrogen-bond donors (Lipinski definition) is 3. The van der Waals surface area contributed by atoms with Crippen LogP contribution in [0.1, 0.15) is 24.8 Å². The predicted molar refractivity (Wildman–Crippen MR) is 159 cm³/mol. The average Bonchev–Trinajstić information content (AvgIpc) is 3.02. The number of carboxylic acid groups (broad SMARTS) is 2. The first-order chi connectivity index (χ1) is 21.0. The minimum absolute atomic E-state index is 0.235. The molecule has 0 aliphatic rings. The third kappa shape index (κ3) is 11.1. The van der Waals surface area contributed by atoms with Crippen LogP contribution in [0, 0.1) is 0 Å². The van der Waals surface area contributed by atoms with Gasteiger partial charge < -0.3 is 25.4 Å². The number of rotatable bonds is 13. The lowest BCUT2D eigenvalue weighted by molar-refractivity contribution is -0.192. The van der Waals surface area contributed by atoms with Crippen molar-refractivity contribution in [3.05, 3.63) is 103 Å². The van der Waals surface area contributed by atoms with Crippen molar-refractivity contribution in [3.8, 4) is 34.0 Å². The summed E-state index contributed by atoms with van der Waals surface area (Å²) >= 11 is 0. The molecule has 0 saturated heterocycles. The molecule has 0 spiro atoms. The van der Waals surface area contributed by atoms with Gasteiger partial charge in [-0.3, -0.25) is 4.79 Å². The number of unbranched alkanes of at least 4 members (excludes halogenated alkanes) is 2. The zero-order valence-electron chi connectivity index (χ0n) is 23.7. The van der Waals surface area contributed by atoms with Crippen molar-refractivity contribution >= 4 is 11.9 Å². The quantitative estimate of drug-likeness (QED) is 0.144. The SMILES string of the molecule is NC(Cc1ccccc1OCCCCCOc1cc(-c2ccccc2)cc(-c2ccccc2)n1)C(=O)O.O=C(O)C(F)(F)F. The molecule has 3 aromatic carbocycles. The highest BCUT2D eigenvalue weighted by atomic mass is 19.4. The van der Waals surface area contributed by atoms with Crippen LogP contribution in [-0.2, 0) is 16.0 Å². The van der Waals surface area contributed by atoms with Crippen LogP contribution in [0.5, 0.6) is 11.6 Å². The van der Waals surface area contributed by atoms with Crippen LogP contribution < -0.4 is 15.2 Å². The third-order valence-corrected chi connectivity index (χ3v) is 6.25. The number of carbonyl (C=O) groups is 2. The van der Waals surface area contributed by atoms with Crippen molar-refractivity contribution in [1.82, 2.24) is 4.98 Å². The minimum Gasteiger partial charge on any atom is -0.493 e. The van der Waals surface area contributed by atoms with Crippen LogP contribution in [0.2, 0.25) is 0 Å². The number of hydrogen-bond acceptors (Lipinski definition) is 6. The van der Waals surface area contributed by atoms with Gasteiger partial charge in [-0.25, -0.2) is 9.78 Å². The summed E-state index contributed by atoms with van der Waals surface area (Å²) in [6, 6.07) is 30.9. The maximum absolute atomic E-state index is 11.1. The lowest BCUT2D eigenvalue weighted by Crippen LogP contribution is -2.32. The van der Waals surface area contributed by atoms with Gasteiger partial charge in [0.2, 0.25) is 5.88 Å². The molecule has 4 aromatic rings. The molecule has 8 nitrogen and oxygen atoms in total. The van der Waals surface area contributed by atoms with Gasteiger partial charge in [-0.1, -0.05) is 78.9 Å². The van der Waals surface area contributed by atoms with Gasteiger partial charge in [0.05, 0.1) is 18.9 Å². The van der Waals surface area contributed by atoms with E-state index in [0.717, 1.165) is 47.2 Å². The largest absolute Gasteiger partial charge is 0.493 e. The average molecular weight is 611 g/mol. The first kappa shape index (κ1) is 33.6. The van der Waals surface area contributed by atoms with Crippen molar-refractivity contribution in [2.24, 2.45) is 5.73 Å². The van der Waals surface area contributed by atoms with E-state index in [4.69, 9.17) is 35.2 Å². The monoisotopic (exact) mass is 610 g/mol. The Kier molecular flexibility index (Phi) is 12.7. The van der Waals surface area contributed by atoms with Gasteiger partial charge in [-0.05, 0) is 48.1 Å². The maximum atomic E-state index is 11.1. The van der Waals surface area contributed by atoms with Crippen LogP contribution in [-0.4, -0.2) is 52.6 Å². The maximum Gasteiger partial charge on any atom is 0.490 e. The van der Waals surface area contributed by atoms with E-state index in [1.807, 2.05) is 78.9 Å². The molecule has 0 aliphatic carbocycles. The van der Waals surface area contributed by atoms with E-state index in [2.05, 4.69) is 18.2 Å². The highest BCUT2D eigenvalue weighted by Gasteiger charge is 2.38. The van der Waals surface area contributed by atoms with Gasteiger partial charge in [0.25, 0.3) is 0 Å². The van der Waals surface area contributed by atoms with Crippen molar-refractivity contribution in [1.29, 1.82) is 0 Å². The summed E-state index contributed by atoms with van der Waals surface area (Å²) in [7, 11) is 0. The number of para-hydroxylation sites is 1. The number of nitrogens with zero attached hydrogens (tertiary/aromatic N) is 1. The molecule has 4 rings (SSSR count). The number of alkyl halides is 3. The molecule has 0 amide bonds. The molecule has 1 atom stereocenters. The van der Waals surface area contributed by atoms with Crippen LogP contribution in [0.3, 0.4) is 0 Å². The molecule has 0 fully saturated rings. The normalized spacial score (nSPS) is 11.5. The minimum atomic E-state index is -5.08. The number of benzene rings is 3. The summed E-state index contributed by atoms with van der Waals surface area (Å²) in [5, 5.41) is 16.2. The molecule has 0 saturated carbocycles. The molecular weight excluding hydrogens is 577 g/mol. The Morgan fingerprint density at radius 3 is 1.89 bits per heavy atom. The van der Waals surface area contributed by atoms with Gasteiger partial charge in [0, 0.05) is 18.1 Å². The fraction of sp³-hybridized carbons (Fsp3) is 0.242. The van der Waals surface area contributed by atoms with E-state index >= 15 is 0 Å². The smallest absolute Gasteiger partial charge is 0.490 e. The van der Waals surface area contributed by atoms with Crippen molar-refractivity contribution < 1.29 is 42.4 Å². The number of aliphatic carboxylic acids is 2.